The van der Waals surface area contributed by atoms with Crippen LogP contribution in [0.15, 0.2) is 30.6 Å². The van der Waals surface area contributed by atoms with Gasteiger partial charge in [0.2, 0.25) is 0 Å². The molecule has 0 N–H and O–H groups in total. The molecule has 5 rings (SSSR count). The van der Waals surface area contributed by atoms with Crippen molar-refractivity contribution >= 4 is 27.2 Å². The van der Waals surface area contributed by atoms with Crippen LogP contribution in [0.25, 0.3) is 27.3 Å². The lowest BCUT2D eigenvalue weighted by molar-refractivity contribution is -0.176. The molecule has 0 fully saturated rings. The fourth-order valence-electron chi connectivity index (χ4n) is 3.71. The van der Waals surface area contributed by atoms with Crippen molar-refractivity contribution in [3.05, 3.63) is 46.6 Å². The van der Waals surface area contributed by atoms with Crippen molar-refractivity contribution < 1.29 is 17.9 Å². The Labute approximate surface area is 168 Å². The third-order valence-electron chi connectivity index (χ3n) is 5.04. The molecule has 0 bridgehead atoms. The van der Waals surface area contributed by atoms with Gasteiger partial charge in [-0.1, -0.05) is 24.3 Å². The summed E-state index contributed by atoms with van der Waals surface area (Å²) in [6, 6.07) is 7.07. The highest BCUT2D eigenvalue weighted by Gasteiger charge is 2.27. The number of aryl methyl sites for hydroxylation is 2. The van der Waals surface area contributed by atoms with Gasteiger partial charge in [0.05, 0.1) is 12.0 Å². The molecule has 150 valence electrons. The number of ether oxygens (including phenoxy) is 1. The minimum Gasteiger partial charge on any atom is -0.367 e. The van der Waals surface area contributed by atoms with E-state index in [4.69, 9.17) is 9.72 Å². The Kier molecular flexibility index (Phi) is 4.51. The van der Waals surface area contributed by atoms with Gasteiger partial charge in [-0.3, -0.25) is 0 Å². The summed E-state index contributed by atoms with van der Waals surface area (Å²) in [5.41, 5.74) is 3.62. The molecule has 1 aromatic carbocycles. The van der Waals surface area contributed by atoms with Gasteiger partial charge in [0.15, 0.2) is 11.5 Å². The van der Waals surface area contributed by atoms with E-state index in [-0.39, 0.29) is 6.61 Å². The highest BCUT2D eigenvalue weighted by molar-refractivity contribution is 7.19. The van der Waals surface area contributed by atoms with Gasteiger partial charge < -0.3 is 4.74 Å². The molecule has 9 heteroatoms. The third kappa shape index (κ3) is 3.60. The summed E-state index contributed by atoms with van der Waals surface area (Å²) < 4.78 is 43.0. The van der Waals surface area contributed by atoms with Crippen LogP contribution in [0.3, 0.4) is 0 Å². The maximum atomic E-state index is 12.2. The first kappa shape index (κ1) is 18.5. The molecule has 3 heterocycles. The molecule has 0 saturated heterocycles. The van der Waals surface area contributed by atoms with Crippen LogP contribution in [0, 0.1) is 0 Å². The van der Waals surface area contributed by atoms with E-state index in [1.807, 2.05) is 0 Å². The predicted molar refractivity (Wildman–Crippen MR) is 104 cm³/mol. The summed E-state index contributed by atoms with van der Waals surface area (Å²) in [5, 5.41) is 5.65. The molecule has 0 atom stereocenters. The molecule has 0 spiro atoms. The highest BCUT2D eigenvalue weighted by atomic mass is 32.1. The van der Waals surface area contributed by atoms with Crippen molar-refractivity contribution in [1.29, 1.82) is 0 Å². The number of fused-ring (bicyclic) bond motifs is 5. The molecule has 5 nitrogen and oxygen atoms in total. The number of aromatic nitrogens is 4. The lowest BCUT2D eigenvalue weighted by atomic mass is 9.97. The Morgan fingerprint density at radius 1 is 1.10 bits per heavy atom. The van der Waals surface area contributed by atoms with E-state index >= 15 is 0 Å². The zero-order chi connectivity index (χ0) is 20.0. The van der Waals surface area contributed by atoms with Gasteiger partial charge >= 0.3 is 6.18 Å². The van der Waals surface area contributed by atoms with E-state index < -0.39 is 12.8 Å². The lowest BCUT2D eigenvalue weighted by Gasteiger charge is -2.09. The first-order valence-electron chi connectivity index (χ1n) is 9.37. The quantitative estimate of drug-likeness (QED) is 0.470. The number of hydrogen-bond donors (Lipinski definition) is 0. The van der Waals surface area contributed by atoms with Crippen LogP contribution in [-0.2, 0) is 24.2 Å². The van der Waals surface area contributed by atoms with Gasteiger partial charge in [0.1, 0.15) is 17.8 Å². The average Bonchev–Trinajstić information content (AvgIpc) is 3.28. The van der Waals surface area contributed by atoms with Crippen LogP contribution >= 0.6 is 11.3 Å². The largest absolute Gasteiger partial charge is 0.411 e. The van der Waals surface area contributed by atoms with E-state index in [2.05, 4.69) is 10.1 Å². The molecule has 0 saturated carbocycles. The Morgan fingerprint density at radius 3 is 2.69 bits per heavy atom. The monoisotopic (exact) mass is 418 g/mol. The fraction of sp³-hybridized carbons (Fsp3) is 0.350. The van der Waals surface area contributed by atoms with E-state index in [0.717, 1.165) is 34.3 Å². The normalized spacial score (nSPS) is 14.6. The van der Waals surface area contributed by atoms with Crippen molar-refractivity contribution in [2.24, 2.45) is 0 Å². The summed E-state index contributed by atoms with van der Waals surface area (Å²) in [5.74, 6) is 0.567. The molecule has 3 aromatic heterocycles. The second-order valence-electron chi connectivity index (χ2n) is 7.14. The Bertz CT molecular complexity index is 1180. The Morgan fingerprint density at radius 2 is 1.90 bits per heavy atom. The predicted octanol–water partition coefficient (Wildman–Crippen LogP) is 4.96. The molecule has 29 heavy (non-hydrogen) atoms. The summed E-state index contributed by atoms with van der Waals surface area (Å²) in [4.78, 5) is 11.7. The minimum absolute atomic E-state index is 0.0933. The number of nitrogens with zero attached hydrogens (tertiary/aromatic N) is 4. The van der Waals surface area contributed by atoms with Crippen molar-refractivity contribution in [3.8, 4) is 11.4 Å². The van der Waals surface area contributed by atoms with Crippen LogP contribution in [0.4, 0.5) is 13.2 Å². The SMILES string of the molecule is FC(F)(F)COCc1ccc(-c2nc3c4c5c(sc4ncn3n2)CCCC5)cc1. The van der Waals surface area contributed by atoms with E-state index in [9.17, 15) is 13.2 Å². The van der Waals surface area contributed by atoms with Crippen LogP contribution in [-0.4, -0.2) is 32.4 Å². The molecule has 0 amide bonds. The van der Waals surface area contributed by atoms with Gasteiger partial charge in [-0.25, -0.2) is 14.5 Å². The molecule has 1 aliphatic rings. The number of thiophene rings is 1. The summed E-state index contributed by atoms with van der Waals surface area (Å²) in [6.07, 6.45) is 1.91. The highest BCUT2D eigenvalue weighted by Crippen LogP contribution is 2.37. The van der Waals surface area contributed by atoms with Gasteiger partial charge in [-0.05, 0) is 36.8 Å². The van der Waals surface area contributed by atoms with E-state index in [1.165, 1.54) is 23.3 Å². The molecule has 0 aliphatic heterocycles. The Hall–Kier alpha value is -2.52. The zero-order valence-electron chi connectivity index (χ0n) is 15.4. The number of benzene rings is 1. The second kappa shape index (κ2) is 7.07. The lowest BCUT2D eigenvalue weighted by Crippen LogP contribution is -2.16. The summed E-state index contributed by atoms with van der Waals surface area (Å²) in [7, 11) is 0. The molecule has 4 aromatic rings. The van der Waals surface area contributed by atoms with Crippen molar-refractivity contribution in [2.75, 3.05) is 6.61 Å². The number of halogens is 3. The first-order valence-corrected chi connectivity index (χ1v) is 10.2. The van der Waals surface area contributed by atoms with Gasteiger partial charge in [0, 0.05) is 10.4 Å². The number of rotatable bonds is 4. The van der Waals surface area contributed by atoms with E-state index in [0.29, 0.717) is 11.4 Å². The van der Waals surface area contributed by atoms with Gasteiger partial charge in [-0.15, -0.1) is 16.4 Å². The maximum Gasteiger partial charge on any atom is 0.411 e. The van der Waals surface area contributed by atoms with Gasteiger partial charge in [0.25, 0.3) is 0 Å². The van der Waals surface area contributed by atoms with Crippen LogP contribution in [0.1, 0.15) is 28.8 Å². The van der Waals surface area contributed by atoms with Crippen molar-refractivity contribution in [2.45, 2.75) is 38.5 Å². The molecule has 1 aliphatic carbocycles. The summed E-state index contributed by atoms with van der Waals surface area (Å²) in [6.45, 7) is -1.35. The fourth-order valence-corrected chi connectivity index (χ4v) is 4.93. The number of alkyl halides is 3. The minimum atomic E-state index is -4.32. The smallest absolute Gasteiger partial charge is 0.367 e. The van der Waals surface area contributed by atoms with Crippen LogP contribution < -0.4 is 0 Å². The first-order chi connectivity index (χ1) is 14.0. The number of hydrogen-bond acceptors (Lipinski definition) is 5. The van der Waals surface area contributed by atoms with Crippen LogP contribution in [0.2, 0.25) is 0 Å². The van der Waals surface area contributed by atoms with Crippen LogP contribution in [0.5, 0.6) is 0 Å². The molecular weight excluding hydrogens is 401 g/mol. The third-order valence-corrected chi connectivity index (χ3v) is 6.24. The van der Waals surface area contributed by atoms with E-state index in [1.54, 1.807) is 46.4 Å². The average molecular weight is 418 g/mol. The van der Waals surface area contributed by atoms with Crippen molar-refractivity contribution in [3.63, 3.8) is 0 Å². The summed E-state index contributed by atoms with van der Waals surface area (Å²) >= 11 is 1.74. The topological polar surface area (TPSA) is 52.3 Å². The molecule has 0 radical (unpaired) electrons. The molecule has 0 unspecified atom stereocenters. The zero-order valence-corrected chi connectivity index (χ0v) is 16.2. The maximum absolute atomic E-state index is 12.2. The Balaban J connectivity index is 1.44. The molecular formula is C20H17F3N4OS. The van der Waals surface area contributed by atoms with Gasteiger partial charge in [-0.2, -0.15) is 13.2 Å². The standard InChI is InChI=1S/C20H17F3N4OS/c21-20(22,23)10-28-9-12-5-7-13(8-6-12)17-25-18-16-14-3-1-2-4-15(14)29-19(16)24-11-27(18)26-17/h5-8,11H,1-4,9-10H2. The second-order valence-corrected chi connectivity index (χ2v) is 8.23. The van der Waals surface area contributed by atoms with Crippen molar-refractivity contribution in [1.82, 2.24) is 19.6 Å².